The van der Waals surface area contributed by atoms with Crippen molar-refractivity contribution >= 4 is 17.3 Å². The Labute approximate surface area is 105 Å². The minimum absolute atomic E-state index is 0.615. The molecule has 0 aromatic carbocycles. The van der Waals surface area contributed by atoms with Crippen LogP contribution < -0.4 is 5.32 Å². The highest BCUT2D eigenvalue weighted by Crippen LogP contribution is 2.08. The summed E-state index contributed by atoms with van der Waals surface area (Å²) >= 11 is 5.41. The smallest absolute Gasteiger partial charge is 0.169 e. The highest BCUT2D eigenvalue weighted by molar-refractivity contribution is 7.80. The fourth-order valence-electron chi connectivity index (χ4n) is 2.13. The van der Waals surface area contributed by atoms with E-state index in [0.717, 1.165) is 37.8 Å². The first-order valence-corrected chi connectivity index (χ1v) is 6.86. The zero-order chi connectivity index (χ0) is 12.0. The third-order valence-corrected chi connectivity index (χ3v) is 3.67. The number of unbranched alkanes of at least 4 members (excludes halogenated alkanes) is 1. The van der Waals surface area contributed by atoms with Crippen LogP contribution in [0, 0.1) is 0 Å². The van der Waals surface area contributed by atoms with E-state index in [1.54, 1.807) is 0 Å². The molecule has 0 aromatic heterocycles. The molecule has 0 aliphatic carbocycles. The molecule has 0 spiro atoms. The first-order chi connectivity index (χ1) is 7.69. The minimum atomic E-state index is 0.615. The molecule has 1 aliphatic rings. The highest BCUT2D eigenvalue weighted by atomic mass is 32.1. The Kier molecular flexibility index (Phi) is 6.06. The number of piperazine rings is 1. The third kappa shape index (κ3) is 3.91. The first-order valence-electron chi connectivity index (χ1n) is 6.45. The summed E-state index contributed by atoms with van der Waals surface area (Å²) in [6, 6.07) is 0.615. The summed E-state index contributed by atoms with van der Waals surface area (Å²) in [6.07, 6.45) is 2.42. The molecule has 3 nitrogen and oxygen atoms in total. The molecular formula is C12H25N3S. The minimum Gasteiger partial charge on any atom is -0.363 e. The van der Waals surface area contributed by atoms with E-state index < -0.39 is 0 Å². The van der Waals surface area contributed by atoms with Gasteiger partial charge in [-0.15, -0.1) is 0 Å². The van der Waals surface area contributed by atoms with E-state index in [4.69, 9.17) is 12.2 Å². The lowest BCUT2D eigenvalue weighted by atomic mass is 10.2. The maximum absolute atomic E-state index is 5.41. The Hall–Kier alpha value is -0.350. The molecule has 1 heterocycles. The SMILES string of the molecule is CCCCNC(=S)N1CCN(CC)C(C)C1. The molecule has 1 saturated heterocycles. The van der Waals surface area contributed by atoms with Gasteiger partial charge < -0.3 is 10.2 Å². The van der Waals surface area contributed by atoms with Crippen LogP contribution in [0.1, 0.15) is 33.6 Å². The number of thiocarbonyl (C=S) groups is 1. The van der Waals surface area contributed by atoms with Crippen molar-refractivity contribution in [3.05, 3.63) is 0 Å². The maximum Gasteiger partial charge on any atom is 0.169 e. The number of rotatable bonds is 4. The fraction of sp³-hybridized carbons (Fsp3) is 0.917. The Morgan fingerprint density at radius 2 is 2.12 bits per heavy atom. The summed E-state index contributed by atoms with van der Waals surface area (Å²) in [5, 5.41) is 4.29. The van der Waals surface area contributed by atoms with E-state index in [2.05, 4.69) is 35.9 Å². The van der Waals surface area contributed by atoms with Crippen LogP contribution in [-0.2, 0) is 0 Å². The second-order valence-electron chi connectivity index (χ2n) is 4.51. The van der Waals surface area contributed by atoms with Crippen molar-refractivity contribution in [2.75, 3.05) is 32.7 Å². The van der Waals surface area contributed by atoms with Gasteiger partial charge in [-0.05, 0) is 32.1 Å². The summed E-state index contributed by atoms with van der Waals surface area (Å²) in [5.41, 5.74) is 0. The van der Waals surface area contributed by atoms with Crippen LogP contribution in [0.3, 0.4) is 0 Å². The number of nitrogens with one attached hydrogen (secondary N) is 1. The fourth-order valence-corrected chi connectivity index (χ4v) is 2.40. The van der Waals surface area contributed by atoms with Gasteiger partial charge in [0.1, 0.15) is 0 Å². The monoisotopic (exact) mass is 243 g/mol. The molecule has 1 unspecified atom stereocenters. The molecule has 0 saturated carbocycles. The molecular weight excluding hydrogens is 218 g/mol. The van der Waals surface area contributed by atoms with Gasteiger partial charge in [0.2, 0.25) is 0 Å². The van der Waals surface area contributed by atoms with E-state index in [9.17, 15) is 0 Å². The van der Waals surface area contributed by atoms with E-state index in [0.29, 0.717) is 6.04 Å². The van der Waals surface area contributed by atoms with Gasteiger partial charge in [0.25, 0.3) is 0 Å². The van der Waals surface area contributed by atoms with E-state index >= 15 is 0 Å². The zero-order valence-electron chi connectivity index (χ0n) is 10.8. The van der Waals surface area contributed by atoms with Crippen molar-refractivity contribution in [1.82, 2.24) is 15.1 Å². The van der Waals surface area contributed by atoms with E-state index in [-0.39, 0.29) is 0 Å². The van der Waals surface area contributed by atoms with Crippen LogP contribution in [-0.4, -0.2) is 53.7 Å². The molecule has 0 aromatic rings. The van der Waals surface area contributed by atoms with Gasteiger partial charge in [-0.2, -0.15) is 0 Å². The summed E-state index contributed by atoms with van der Waals surface area (Å²) in [7, 11) is 0. The zero-order valence-corrected chi connectivity index (χ0v) is 11.6. The van der Waals surface area contributed by atoms with Crippen LogP contribution >= 0.6 is 12.2 Å². The Morgan fingerprint density at radius 1 is 1.38 bits per heavy atom. The molecule has 1 aliphatic heterocycles. The number of nitrogens with zero attached hydrogens (tertiary/aromatic N) is 2. The first kappa shape index (κ1) is 13.7. The molecule has 1 fully saturated rings. The van der Waals surface area contributed by atoms with Gasteiger partial charge in [-0.25, -0.2) is 0 Å². The van der Waals surface area contributed by atoms with Crippen LogP contribution in [0.4, 0.5) is 0 Å². The molecule has 1 rings (SSSR count). The van der Waals surface area contributed by atoms with Crippen molar-refractivity contribution in [2.24, 2.45) is 0 Å². The van der Waals surface area contributed by atoms with Crippen molar-refractivity contribution in [1.29, 1.82) is 0 Å². The standard InChI is InChI=1S/C12H25N3S/c1-4-6-7-13-12(16)15-9-8-14(5-2)11(3)10-15/h11H,4-10H2,1-3H3,(H,13,16). The third-order valence-electron chi connectivity index (χ3n) is 3.27. The van der Waals surface area contributed by atoms with Crippen LogP contribution in [0.25, 0.3) is 0 Å². The Morgan fingerprint density at radius 3 is 2.69 bits per heavy atom. The van der Waals surface area contributed by atoms with Gasteiger partial charge in [0, 0.05) is 32.2 Å². The Balaban J connectivity index is 2.30. The molecule has 1 atom stereocenters. The predicted octanol–water partition coefficient (Wildman–Crippen LogP) is 1.69. The summed E-state index contributed by atoms with van der Waals surface area (Å²) in [6.45, 7) is 12.1. The average Bonchev–Trinajstić information content (AvgIpc) is 2.29. The number of hydrogen-bond acceptors (Lipinski definition) is 2. The molecule has 1 N–H and O–H groups in total. The van der Waals surface area contributed by atoms with Gasteiger partial charge in [0.05, 0.1) is 0 Å². The molecule has 0 amide bonds. The van der Waals surface area contributed by atoms with Gasteiger partial charge >= 0.3 is 0 Å². The van der Waals surface area contributed by atoms with Gasteiger partial charge in [-0.1, -0.05) is 20.3 Å². The molecule has 0 bridgehead atoms. The van der Waals surface area contributed by atoms with Crippen LogP contribution in [0.5, 0.6) is 0 Å². The average molecular weight is 243 g/mol. The normalized spacial score (nSPS) is 22.2. The summed E-state index contributed by atoms with van der Waals surface area (Å²) < 4.78 is 0. The molecule has 0 radical (unpaired) electrons. The second-order valence-corrected chi connectivity index (χ2v) is 4.90. The molecule has 94 valence electrons. The quantitative estimate of drug-likeness (QED) is 0.598. The van der Waals surface area contributed by atoms with Crippen molar-refractivity contribution in [2.45, 2.75) is 39.7 Å². The lowest BCUT2D eigenvalue weighted by Gasteiger charge is -2.40. The van der Waals surface area contributed by atoms with Gasteiger partial charge in [0.15, 0.2) is 5.11 Å². The molecule has 16 heavy (non-hydrogen) atoms. The highest BCUT2D eigenvalue weighted by Gasteiger charge is 2.23. The lowest BCUT2D eigenvalue weighted by Crippen LogP contribution is -2.55. The lowest BCUT2D eigenvalue weighted by molar-refractivity contribution is 0.129. The Bertz CT molecular complexity index is 220. The predicted molar refractivity (Wildman–Crippen MR) is 73.8 cm³/mol. The number of hydrogen-bond donors (Lipinski definition) is 1. The topological polar surface area (TPSA) is 18.5 Å². The van der Waals surface area contributed by atoms with Crippen molar-refractivity contribution < 1.29 is 0 Å². The summed E-state index contributed by atoms with van der Waals surface area (Å²) in [4.78, 5) is 4.81. The largest absolute Gasteiger partial charge is 0.363 e. The van der Waals surface area contributed by atoms with E-state index in [1.165, 1.54) is 12.8 Å². The van der Waals surface area contributed by atoms with E-state index in [1.807, 2.05) is 0 Å². The van der Waals surface area contributed by atoms with Crippen molar-refractivity contribution in [3.8, 4) is 0 Å². The second kappa shape index (κ2) is 7.07. The molecule has 4 heteroatoms. The van der Waals surface area contributed by atoms with Crippen LogP contribution in [0.2, 0.25) is 0 Å². The van der Waals surface area contributed by atoms with Crippen molar-refractivity contribution in [3.63, 3.8) is 0 Å². The maximum atomic E-state index is 5.41. The van der Waals surface area contributed by atoms with Gasteiger partial charge in [-0.3, -0.25) is 4.90 Å². The number of likely N-dealkylation sites (N-methyl/N-ethyl adjacent to an activating group) is 1. The summed E-state index contributed by atoms with van der Waals surface area (Å²) in [5.74, 6) is 0. The van der Waals surface area contributed by atoms with Crippen LogP contribution in [0.15, 0.2) is 0 Å².